The molecule has 3 atom stereocenters. The summed E-state index contributed by atoms with van der Waals surface area (Å²) in [4.78, 5) is 23.9. The molecule has 1 saturated heterocycles. The zero-order chi connectivity index (χ0) is 12.3. The molecular formula is C11H20N2O3. The summed E-state index contributed by atoms with van der Waals surface area (Å²) in [6, 6.07) is -0.796. The first-order valence-corrected chi connectivity index (χ1v) is 5.62. The summed E-state index contributed by atoms with van der Waals surface area (Å²) in [6.07, 6.45) is 0. The Labute approximate surface area is 95.8 Å². The van der Waals surface area contributed by atoms with Crippen LogP contribution in [0.3, 0.4) is 0 Å². The first kappa shape index (κ1) is 13.0. The third-order valence-electron chi connectivity index (χ3n) is 3.18. The quantitative estimate of drug-likeness (QED) is 0.719. The van der Waals surface area contributed by atoms with Crippen molar-refractivity contribution in [3.8, 4) is 0 Å². The second-order valence-electron chi connectivity index (χ2n) is 4.76. The highest BCUT2D eigenvalue weighted by Crippen LogP contribution is 2.21. The topological polar surface area (TPSA) is 69.6 Å². The van der Waals surface area contributed by atoms with Crippen molar-refractivity contribution in [2.45, 2.75) is 26.8 Å². The third kappa shape index (κ3) is 3.48. The molecule has 0 aliphatic carbocycles. The maximum Gasteiger partial charge on any atom is 0.327 e. The summed E-state index contributed by atoms with van der Waals surface area (Å²) in [5.41, 5.74) is 0. The molecule has 0 bridgehead atoms. The number of rotatable bonds is 4. The SMILES string of the molecule is CC(=O)NC(CN1CC(C)C(C)C1)C(=O)O. The van der Waals surface area contributed by atoms with Crippen molar-refractivity contribution in [1.82, 2.24) is 10.2 Å². The molecule has 1 heterocycles. The van der Waals surface area contributed by atoms with Gasteiger partial charge in [0.05, 0.1) is 0 Å². The molecule has 1 amide bonds. The van der Waals surface area contributed by atoms with E-state index in [0.29, 0.717) is 18.4 Å². The number of carbonyl (C=O) groups is 2. The fourth-order valence-electron chi connectivity index (χ4n) is 2.09. The van der Waals surface area contributed by atoms with E-state index in [-0.39, 0.29) is 5.91 Å². The minimum absolute atomic E-state index is 0.298. The molecular weight excluding hydrogens is 208 g/mol. The van der Waals surface area contributed by atoms with E-state index in [2.05, 4.69) is 24.1 Å². The highest BCUT2D eigenvalue weighted by Gasteiger charge is 2.30. The van der Waals surface area contributed by atoms with Gasteiger partial charge in [0.15, 0.2) is 0 Å². The second-order valence-corrected chi connectivity index (χ2v) is 4.76. The summed E-state index contributed by atoms with van der Waals surface area (Å²) < 4.78 is 0. The van der Waals surface area contributed by atoms with Crippen molar-refractivity contribution in [2.75, 3.05) is 19.6 Å². The van der Waals surface area contributed by atoms with Gasteiger partial charge in [0.25, 0.3) is 0 Å². The minimum atomic E-state index is -0.970. The molecule has 5 nitrogen and oxygen atoms in total. The van der Waals surface area contributed by atoms with E-state index in [0.717, 1.165) is 13.1 Å². The van der Waals surface area contributed by atoms with Gasteiger partial charge in [0.1, 0.15) is 6.04 Å². The van der Waals surface area contributed by atoms with E-state index in [9.17, 15) is 9.59 Å². The molecule has 0 aromatic heterocycles. The smallest absolute Gasteiger partial charge is 0.327 e. The van der Waals surface area contributed by atoms with Crippen LogP contribution in [0.2, 0.25) is 0 Å². The lowest BCUT2D eigenvalue weighted by Crippen LogP contribution is -2.47. The van der Waals surface area contributed by atoms with E-state index in [1.807, 2.05) is 0 Å². The number of nitrogens with zero attached hydrogens (tertiary/aromatic N) is 1. The second kappa shape index (κ2) is 5.30. The van der Waals surface area contributed by atoms with E-state index < -0.39 is 12.0 Å². The van der Waals surface area contributed by atoms with Gasteiger partial charge >= 0.3 is 5.97 Å². The molecule has 2 N–H and O–H groups in total. The van der Waals surface area contributed by atoms with E-state index in [1.165, 1.54) is 6.92 Å². The number of nitrogens with one attached hydrogen (secondary N) is 1. The Morgan fingerprint density at radius 3 is 2.25 bits per heavy atom. The van der Waals surface area contributed by atoms with Crippen molar-refractivity contribution in [3.63, 3.8) is 0 Å². The molecule has 92 valence electrons. The van der Waals surface area contributed by atoms with Crippen LogP contribution in [0.25, 0.3) is 0 Å². The maximum atomic E-state index is 10.9. The van der Waals surface area contributed by atoms with Gasteiger partial charge in [-0.15, -0.1) is 0 Å². The molecule has 0 saturated carbocycles. The van der Waals surface area contributed by atoms with Gasteiger partial charge in [-0.05, 0) is 11.8 Å². The predicted molar refractivity (Wildman–Crippen MR) is 60.0 cm³/mol. The summed E-state index contributed by atoms with van der Waals surface area (Å²) in [5.74, 6) is -0.0892. The van der Waals surface area contributed by atoms with Crippen LogP contribution < -0.4 is 5.32 Å². The fourth-order valence-corrected chi connectivity index (χ4v) is 2.09. The fraction of sp³-hybridized carbons (Fsp3) is 0.818. The van der Waals surface area contributed by atoms with E-state index in [4.69, 9.17) is 5.11 Å². The summed E-state index contributed by atoms with van der Waals surface area (Å²) in [5, 5.41) is 11.4. The summed E-state index contributed by atoms with van der Waals surface area (Å²) in [7, 11) is 0. The number of likely N-dealkylation sites (tertiary alicyclic amines) is 1. The molecule has 3 unspecified atom stereocenters. The van der Waals surface area contributed by atoms with Crippen LogP contribution in [0.1, 0.15) is 20.8 Å². The van der Waals surface area contributed by atoms with Crippen LogP contribution in [-0.4, -0.2) is 47.6 Å². The zero-order valence-electron chi connectivity index (χ0n) is 10.1. The Morgan fingerprint density at radius 1 is 1.38 bits per heavy atom. The molecule has 1 fully saturated rings. The lowest BCUT2D eigenvalue weighted by atomic mass is 10.0. The van der Waals surface area contributed by atoms with Crippen LogP contribution in [0, 0.1) is 11.8 Å². The Balaban J connectivity index is 2.49. The molecule has 1 aliphatic heterocycles. The first-order chi connectivity index (χ1) is 7.40. The normalized spacial score (nSPS) is 27.7. The Morgan fingerprint density at radius 2 is 1.88 bits per heavy atom. The lowest BCUT2D eigenvalue weighted by molar-refractivity contribution is -0.142. The van der Waals surface area contributed by atoms with Crippen molar-refractivity contribution < 1.29 is 14.7 Å². The van der Waals surface area contributed by atoms with E-state index >= 15 is 0 Å². The minimum Gasteiger partial charge on any atom is -0.480 e. The van der Waals surface area contributed by atoms with Crippen LogP contribution in [0.4, 0.5) is 0 Å². The van der Waals surface area contributed by atoms with Gasteiger partial charge < -0.3 is 15.3 Å². The van der Waals surface area contributed by atoms with Crippen molar-refractivity contribution in [2.24, 2.45) is 11.8 Å². The van der Waals surface area contributed by atoms with Crippen molar-refractivity contribution in [1.29, 1.82) is 0 Å². The standard InChI is InChI=1S/C11H20N2O3/c1-7-4-13(5-8(7)2)6-10(11(15)16)12-9(3)14/h7-8,10H,4-6H2,1-3H3,(H,12,14)(H,15,16). The molecule has 16 heavy (non-hydrogen) atoms. The van der Waals surface area contributed by atoms with Gasteiger partial charge in [0, 0.05) is 26.6 Å². The number of carboxylic acids is 1. The summed E-state index contributed by atoms with van der Waals surface area (Å²) >= 11 is 0. The molecule has 1 aliphatic rings. The van der Waals surface area contributed by atoms with Crippen molar-refractivity contribution >= 4 is 11.9 Å². The number of aliphatic carboxylic acids is 1. The number of hydrogen-bond donors (Lipinski definition) is 2. The number of hydrogen-bond acceptors (Lipinski definition) is 3. The monoisotopic (exact) mass is 228 g/mol. The van der Waals surface area contributed by atoms with Crippen LogP contribution in [0.15, 0.2) is 0 Å². The van der Waals surface area contributed by atoms with Crippen LogP contribution in [-0.2, 0) is 9.59 Å². The maximum absolute atomic E-state index is 10.9. The van der Waals surface area contributed by atoms with Gasteiger partial charge in [0.2, 0.25) is 5.91 Å². The van der Waals surface area contributed by atoms with Gasteiger partial charge in [-0.1, -0.05) is 13.8 Å². The van der Waals surface area contributed by atoms with Gasteiger partial charge in [-0.2, -0.15) is 0 Å². The Bertz CT molecular complexity index is 270. The average Bonchev–Trinajstić information content (AvgIpc) is 2.44. The first-order valence-electron chi connectivity index (χ1n) is 5.62. The lowest BCUT2D eigenvalue weighted by Gasteiger charge is -2.21. The number of amides is 1. The highest BCUT2D eigenvalue weighted by atomic mass is 16.4. The molecule has 0 radical (unpaired) electrons. The molecule has 0 spiro atoms. The predicted octanol–water partition coefficient (Wildman–Crippen LogP) is 0.164. The Kier molecular flexibility index (Phi) is 4.29. The zero-order valence-corrected chi connectivity index (χ0v) is 10.1. The van der Waals surface area contributed by atoms with Crippen molar-refractivity contribution in [3.05, 3.63) is 0 Å². The van der Waals surface area contributed by atoms with Crippen LogP contribution in [0.5, 0.6) is 0 Å². The number of carbonyl (C=O) groups excluding carboxylic acids is 1. The molecule has 0 aromatic rings. The van der Waals surface area contributed by atoms with E-state index in [1.54, 1.807) is 0 Å². The molecule has 1 rings (SSSR count). The summed E-state index contributed by atoms with van der Waals surface area (Å²) in [6.45, 7) is 7.88. The van der Waals surface area contributed by atoms with Gasteiger partial charge in [-0.25, -0.2) is 4.79 Å². The number of carboxylic acid groups (broad SMARTS) is 1. The van der Waals surface area contributed by atoms with Crippen LogP contribution >= 0.6 is 0 Å². The third-order valence-corrected chi connectivity index (χ3v) is 3.18. The largest absolute Gasteiger partial charge is 0.480 e. The highest BCUT2D eigenvalue weighted by molar-refractivity contribution is 5.82. The Hall–Kier alpha value is -1.10. The molecule has 0 aromatic carbocycles. The van der Waals surface area contributed by atoms with Gasteiger partial charge in [-0.3, -0.25) is 4.79 Å². The molecule has 5 heteroatoms. The average molecular weight is 228 g/mol.